The topological polar surface area (TPSA) is 146 Å². The number of rotatable bonds is 5. The minimum Gasteiger partial charge on any atom is -0.493 e. The molecule has 3 aromatic rings. The average molecular weight is 424 g/mol. The molecular formula is C20H24N8O3. The molecule has 162 valence electrons. The molecule has 3 heterocycles. The fourth-order valence-corrected chi connectivity index (χ4v) is 3.56. The highest BCUT2D eigenvalue weighted by Crippen LogP contribution is 2.32. The Morgan fingerprint density at radius 1 is 1.06 bits per heavy atom. The van der Waals surface area contributed by atoms with E-state index in [0.717, 1.165) is 5.56 Å². The first-order chi connectivity index (χ1) is 15.0. The van der Waals surface area contributed by atoms with Gasteiger partial charge in [-0.2, -0.15) is 9.97 Å². The molecule has 1 aromatic carbocycles. The second kappa shape index (κ2) is 8.56. The zero-order valence-electron chi connectivity index (χ0n) is 17.4. The van der Waals surface area contributed by atoms with Crippen LogP contribution in [-0.2, 0) is 4.79 Å². The lowest BCUT2D eigenvalue weighted by molar-refractivity contribution is -0.129. The number of nitrogens with two attached hydrogens (primary N) is 2. The third kappa shape index (κ3) is 3.99. The summed E-state index contributed by atoms with van der Waals surface area (Å²) in [7, 11) is 3.17. The Labute approximate surface area is 179 Å². The lowest BCUT2D eigenvalue weighted by Crippen LogP contribution is -2.50. The smallest absolute Gasteiger partial charge is 0.236 e. The number of anilines is 2. The van der Waals surface area contributed by atoms with Crippen molar-refractivity contribution in [2.45, 2.75) is 0 Å². The number of hydrogen-bond donors (Lipinski definition) is 2. The van der Waals surface area contributed by atoms with Crippen LogP contribution in [0.25, 0.3) is 22.4 Å². The van der Waals surface area contributed by atoms with E-state index >= 15 is 0 Å². The number of nitrogens with zero attached hydrogens (tertiary/aromatic N) is 6. The van der Waals surface area contributed by atoms with Crippen molar-refractivity contribution in [1.82, 2.24) is 24.8 Å². The van der Waals surface area contributed by atoms with E-state index in [2.05, 4.69) is 15.0 Å². The number of nitrogen functional groups attached to an aromatic ring is 1. The summed E-state index contributed by atoms with van der Waals surface area (Å²) in [6.07, 6.45) is 1.64. The van der Waals surface area contributed by atoms with Crippen LogP contribution < -0.4 is 25.8 Å². The summed E-state index contributed by atoms with van der Waals surface area (Å²) in [4.78, 5) is 33.5. The van der Waals surface area contributed by atoms with Gasteiger partial charge in [-0.15, -0.1) is 0 Å². The molecule has 1 saturated heterocycles. The molecule has 4 N–H and O–H groups in total. The number of fused-ring (bicyclic) bond motifs is 1. The van der Waals surface area contributed by atoms with E-state index in [9.17, 15) is 4.79 Å². The van der Waals surface area contributed by atoms with Crippen molar-refractivity contribution in [3.8, 4) is 22.8 Å². The van der Waals surface area contributed by atoms with Crippen LogP contribution >= 0.6 is 0 Å². The molecule has 1 fully saturated rings. The summed E-state index contributed by atoms with van der Waals surface area (Å²) < 4.78 is 10.7. The number of hydrogen-bond acceptors (Lipinski definition) is 10. The predicted octanol–water partition coefficient (Wildman–Crippen LogP) is 0.294. The van der Waals surface area contributed by atoms with Crippen molar-refractivity contribution in [3.63, 3.8) is 0 Å². The van der Waals surface area contributed by atoms with Gasteiger partial charge >= 0.3 is 0 Å². The number of carbonyl (C=O) groups excluding carboxylic acids is 1. The fraction of sp³-hybridized carbons (Fsp3) is 0.350. The minimum atomic E-state index is -0.0674. The van der Waals surface area contributed by atoms with Gasteiger partial charge in [-0.1, -0.05) is 0 Å². The molecule has 1 amide bonds. The molecule has 0 aliphatic carbocycles. The lowest BCUT2D eigenvalue weighted by atomic mass is 10.1. The van der Waals surface area contributed by atoms with Crippen molar-refractivity contribution in [1.29, 1.82) is 0 Å². The van der Waals surface area contributed by atoms with Crippen LogP contribution in [0.5, 0.6) is 11.5 Å². The third-order valence-electron chi connectivity index (χ3n) is 5.19. The van der Waals surface area contributed by atoms with E-state index in [1.807, 2.05) is 23.1 Å². The molecule has 0 bridgehead atoms. The molecule has 31 heavy (non-hydrogen) atoms. The van der Waals surface area contributed by atoms with Gasteiger partial charge < -0.3 is 30.7 Å². The van der Waals surface area contributed by atoms with Crippen LogP contribution in [0.1, 0.15) is 0 Å². The monoisotopic (exact) mass is 424 g/mol. The van der Waals surface area contributed by atoms with Gasteiger partial charge in [-0.05, 0) is 18.2 Å². The number of amides is 1. The molecule has 0 atom stereocenters. The Hall–Kier alpha value is -3.73. The molecular weight excluding hydrogens is 400 g/mol. The molecule has 0 unspecified atom stereocenters. The number of aromatic nitrogens is 4. The van der Waals surface area contributed by atoms with Crippen molar-refractivity contribution >= 4 is 28.8 Å². The van der Waals surface area contributed by atoms with Crippen LogP contribution in [0.15, 0.2) is 24.4 Å². The van der Waals surface area contributed by atoms with Gasteiger partial charge in [0.1, 0.15) is 0 Å². The first-order valence-corrected chi connectivity index (χ1v) is 9.79. The van der Waals surface area contributed by atoms with Gasteiger partial charge in [0, 0.05) is 31.7 Å². The molecule has 2 aromatic heterocycles. The Morgan fingerprint density at radius 3 is 2.48 bits per heavy atom. The highest BCUT2D eigenvalue weighted by molar-refractivity contribution is 5.86. The van der Waals surface area contributed by atoms with E-state index < -0.39 is 0 Å². The zero-order chi connectivity index (χ0) is 22.0. The lowest BCUT2D eigenvalue weighted by Gasteiger charge is -2.35. The van der Waals surface area contributed by atoms with E-state index in [-0.39, 0.29) is 18.4 Å². The van der Waals surface area contributed by atoms with Crippen LogP contribution in [0.3, 0.4) is 0 Å². The summed E-state index contributed by atoms with van der Waals surface area (Å²) in [6.45, 7) is 2.26. The van der Waals surface area contributed by atoms with Crippen LogP contribution in [0.4, 0.5) is 11.8 Å². The maximum Gasteiger partial charge on any atom is 0.236 e. The standard InChI is InChI=1S/C20H24N8O3/c1-30-14-4-3-12(9-15(14)31-2)13-11-23-18-17(24-13)19(26-20(22)25-18)28-7-5-27(6-8-28)16(29)10-21/h3-4,9,11H,5-8,10,21H2,1-2H3,(H2,22,23,25,26). The van der Waals surface area contributed by atoms with Gasteiger partial charge in [0.15, 0.2) is 28.5 Å². The molecule has 1 aliphatic rings. The second-order valence-electron chi connectivity index (χ2n) is 6.97. The summed E-state index contributed by atoms with van der Waals surface area (Å²) in [6, 6.07) is 5.53. The summed E-state index contributed by atoms with van der Waals surface area (Å²) >= 11 is 0. The first kappa shape index (κ1) is 20.5. The Balaban J connectivity index is 1.71. The van der Waals surface area contributed by atoms with Crippen LogP contribution in [0.2, 0.25) is 0 Å². The van der Waals surface area contributed by atoms with Gasteiger partial charge in [-0.3, -0.25) is 4.79 Å². The number of methoxy groups -OCH3 is 2. The number of ether oxygens (including phenoxy) is 2. The Morgan fingerprint density at radius 2 is 1.81 bits per heavy atom. The highest BCUT2D eigenvalue weighted by Gasteiger charge is 2.24. The molecule has 0 spiro atoms. The Kier molecular flexibility index (Phi) is 5.67. The normalized spacial score (nSPS) is 14.0. The summed E-state index contributed by atoms with van der Waals surface area (Å²) in [5, 5.41) is 0. The van der Waals surface area contributed by atoms with Crippen molar-refractivity contribution in [3.05, 3.63) is 24.4 Å². The summed E-state index contributed by atoms with van der Waals surface area (Å²) in [5.41, 5.74) is 13.8. The van der Waals surface area contributed by atoms with Crippen molar-refractivity contribution in [2.24, 2.45) is 5.73 Å². The van der Waals surface area contributed by atoms with Crippen molar-refractivity contribution < 1.29 is 14.3 Å². The van der Waals surface area contributed by atoms with Crippen LogP contribution in [-0.4, -0.2) is 77.7 Å². The molecule has 0 radical (unpaired) electrons. The third-order valence-corrected chi connectivity index (χ3v) is 5.19. The van der Waals surface area contributed by atoms with Crippen molar-refractivity contribution in [2.75, 3.05) is 57.6 Å². The van der Waals surface area contributed by atoms with Gasteiger partial charge in [-0.25, -0.2) is 9.97 Å². The number of benzene rings is 1. The Bertz CT molecular complexity index is 1120. The minimum absolute atomic E-state index is 0.00352. The number of piperazine rings is 1. The summed E-state index contributed by atoms with van der Waals surface area (Å²) in [5.74, 6) is 1.87. The zero-order valence-corrected chi connectivity index (χ0v) is 17.4. The molecule has 11 nitrogen and oxygen atoms in total. The molecule has 4 rings (SSSR count). The maximum atomic E-state index is 11.9. The highest BCUT2D eigenvalue weighted by atomic mass is 16.5. The largest absolute Gasteiger partial charge is 0.493 e. The fourth-order valence-electron chi connectivity index (χ4n) is 3.56. The predicted molar refractivity (Wildman–Crippen MR) is 116 cm³/mol. The van der Waals surface area contributed by atoms with E-state index in [1.165, 1.54) is 0 Å². The number of carbonyl (C=O) groups is 1. The van der Waals surface area contributed by atoms with E-state index in [0.29, 0.717) is 60.4 Å². The van der Waals surface area contributed by atoms with Gasteiger partial charge in [0.2, 0.25) is 11.9 Å². The average Bonchev–Trinajstić information content (AvgIpc) is 2.82. The van der Waals surface area contributed by atoms with Crippen LogP contribution in [0, 0.1) is 0 Å². The molecule has 1 aliphatic heterocycles. The quantitative estimate of drug-likeness (QED) is 0.586. The van der Waals surface area contributed by atoms with Gasteiger partial charge in [0.05, 0.1) is 32.7 Å². The molecule has 0 saturated carbocycles. The SMILES string of the molecule is COc1ccc(-c2cnc3nc(N)nc(N4CCN(C(=O)CN)CC4)c3n2)cc1OC. The maximum absolute atomic E-state index is 11.9. The second-order valence-corrected chi connectivity index (χ2v) is 6.97. The first-order valence-electron chi connectivity index (χ1n) is 9.79. The molecule has 11 heteroatoms. The van der Waals surface area contributed by atoms with E-state index in [4.69, 9.17) is 25.9 Å². The van der Waals surface area contributed by atoms with Gasteiger partial charge in [0.25, 0.3) is 0 Å². The van der Waals surface area contributed by atoms with E-state index in [1.54, 1.807) is 25.3 Å².